The van der Waals surface area contributed by atoms with Gasteiger partial charge in [-0.3, -0.25) is 5.01 Å². The van der Waals surface area contributed by atoms with Gasteiger partial charge in [0.2, 0.25) is 0 Å². The third kappa shape index (κ3) is 3.64. The van der Waals surface area contributed by atoms with Crippen molar-refractivity contribution < 1.29 is 12.6 Å². The number of nitrogens with two attached hydrogens (primary N) is 1. The van der Waals surface area contributed by atoms with E-state index in [2.05, 4.69) is 15.0 Å². The van der Waals surface area contributed by atoms with E-state index in [-0.39, 0.29) is 22.7 Å². The Morgan fingerprint density at radius 1 is 1.13 bits per heavy atom. The molecule has 0 saturated heterocycles. The third-order valence-electron chi connectivity index (χ3n) is 4.30. The first-order valence-electron chi connectivity index (χ1n) is 8.62. The lowest BCUT2D eigenvalue weighted by atomic mass is 10.1. The van der Waals surface area contributed by atoms with Gasteiger partial charge in [-0.1, -0.05) is 24.3 Å². The summed E-state index contributed by atoms with van der Waals surface area (Å²) in [5.74, 6) is 0.344. The van der Waals surface area contributed by atoms with E-state index in [1.54, 1.807) is 41.3 Å². The summed E-state index contributed by atoms with van der Waals surface area (Å²) in [6.07, 6.45) is 3.09. The number of anilines is 1. The van der Waals surface area contributed by atoms with Gasteiger partial charge in [-0.2, -0.15) is 18.8 Å². The van der Waals surface area contributed by atoms with Gasteiger partial charge in [0.05, 0.1) is 17.2 Å². The fraction of sp³-hybridized carbons (Fsp3) is 0.0526. The van der Waals surface area contributed by atoms with E-state index in [1.165, 1.54) is 12.3 Å². The Labute approximate surface area is 172 Å². The van der Waals surface area contributed by atoms with Gasteiger partial charge in [0, 0.05) is 12.6 Å². The fourth-order valence-electron chi connectivity index (χ4n) is 2.96. The molecular formula is C19H15N7O3S. The molecule has 4 aromatic rings. The topological polar surface area (TPSA) is 140 Å². The van der Waals surface area contributed by atoms with Crippen LogP contribution in [0.15, 0.2) is 61.1 Å². The smallest absolute Gasteiger partial charge is 0.370 e. The molecule has 0 aliphatic rings. The Kier molecular flexibility index (Phi) is 4.78. The lowest BCUT2D eigenvalue weighted by Crippen LogP contribution is -2.25. The molecule has 4 rings (SSSR count). The van der Waals surface area contributed by atoms with Crippen LogP contribution in [0.2, 0.25) is 0 Å². The minimum absolute atomic E-state index is 0.00751. The molecule has 0 radical (unpaired) electrons. The number of imidazole rings is 1. The number of nitrogens with zero attached hydrogens (tertiary/aromatic N) is 6. The van der Waals surface area contributed by atoms with Crippen molar-refractivity contribution in [2.45, 2.75) is 0 Å². The van der Waals surface area contributed by atoms with E-state index in [0.29, 0.717) is 5.82 Å². The van der Waals surface area contributed by atoms with Crippen molar-refractivity contribution in [2.75, 3.05) is 12.1 Å². The first-order valence-corrected chi connectivity index (χ1v) is 10.1. The van der Waals surface area contributed by atoms with Gasteiger partial charge in [0.25, 0.3) is 0 Å². The predicted molar refractivity (Wildman–Crippen MR) is 109 cm³/mol. The van der Waals surface area contributed by atoms with Crippen LogP contribution in [0.3, 0.4) is 0 Å². The van der Waals surface area contributed by atoms with E-state index >= 15 is 0 Å². The molecule has 30 heavy (non-hydrogen) atoms. The maximum atomic E-state index is 11.4. The van der Waals surface area contributed by atoms with Crippen molar-refractivity contribution in [1.29, 1.82) is 5.26 Å². The van der Waals surface area contributed by atoms with Crippen LogP contribution in [0.5, 0.6) is 5.75 Å². The highest BCUT2D eigenvalue weighted by Gasteiger charge is 2.19. The SMILES string of the molecule is CN(c1cnc(C#N)c(-c2ccccc2OS(N)(=O)=O)n1)n1cnc2ccccc21. The first kappa shape index (κ1) is 19.3. The molecule has 0 unspecified atom stereocenters. The van der Waals surface area contributed by atoms with Crippen LogP contribution in [-0.4, -0.2) is 35.1 Å². The Hall–Kier alpha value is -4.01. The molecule has 0 bridgehead atoms. The molecule has 150 valence electrons. The molecule has 0 fully saturated rings. The van der Waals surface area contributed by atoms with Crippen LogP contribution >= 0.6 is 0 Å². The number of para-hydroxylation sites is 3. The van der Waals surface area contributed by atoms with Gasteiger partial charge < -0.3 is 4.18 Å². The van der Waals surface area contributed by atoms with Crippen LogP contribution in [0, 0.1) is 11.3 Å². The summed E-state index contributed by atoms with van der Waals surface area (Å²) in [6, 6.07) is 15.8. The number of rotatable bonds is 5. The number of benzene rings is 2. The van der Waals surface area contributed by atoms with Gasteiger partial charge in [-0.05, 0) is 24.3 Å². The Balaban J connectivity index is 1.84. The van der Waals surface area contributed by atoms with Crippen molar-refractivity contribution >= 4 is 27.2 Å². The second-order valence-electron chi connectivity index (χ2n) is 6.21. The summed E-state index contributed by atoms with van der Waals surface area (Å²) >= 11 is 0. The standard InChI is InChI=1S/C19H15N7O3S/c1-25(26-12-23-14-7-3-4-8-16(14)26)18-11-22-15(10-20)19(24-18)13-6-2-5-9-17(13)29-30(21,27)28/h2-9,11-12H,1H3,(H2,21,27,28). The Morgan fingerprint density at radius 2 is 1.87 bits per heavy atom. The zero-order valence-electron chi connectivity index (χ0n) is 15.7. The third-order valence-corrected chi connectivity index (χ3v) is 4.72. The van der Waals surface area contributed by atoms with Crippen molar-refractivity contribution in [1.82, 2.24) is 19.6 Å². The number of aromatic nitrogens is 4. The lowest BCUT2D eigenvalue weighted by molar-refractivity contribution is 0.488. The number of fused-ring (bicyclic) bond motifs is 1. The molecule has 0 aliphatic heterocycles. The molecule has 0 aliphatic carbocycles. The molecule has 2 heterocycles. The second-order valence-corrected chi connectivity index (χ2v) is 7.36. The Bertz CT molecular complexity index is 1390. The molecule has 11 heteroatoms. The van der Waals surface area contributed by atoms with Crippen molar-refractivity contribution in [3.05, 3.63) is 66.7 Å². The average molecular weight is 421 g/mol. The average Bonchev–Trinajstić information content (AvgIpc) is 3.16. The molecule has 2 N–H and O–H groups in total. The normalized spacial score (nSPS) is 11.2. The highest BCUT2D eigenvalue weighted by molar-refractivity contribution is 7.84. The van der Waals surface area contributed by atoms with E-state index in [4.69, 9.17) is 9.32 Å². The quantitative estimate of drug-likeness (QED) is 0.515. The van der Waals surface area contributed by atoms with Gasteiger partial charge in [0.1, 0.15) is 18.1 Å². The van der Waals surface area contributed by atoms with E-state index < -0.39 is 10.3 Å². The summed E-state index contributed by atoms with van der Waals surface area (Å²) in [7, 11) is -2.50. The molecule has 0 spiro atoms. The monoisotopic (exact) mass is 421 g/mol. The molecule has 0 atom stereocenters. The molecule has 2 aromatic carbocycles. The summed E-state index contributed by atoms with van der Waals surface area (Å²) < 4.78 is 29.5. The van der Waals surface area contributed by atoms with Crippen LogP contribution in [0.25, 0.3) is 22.3 Å². The zero-order valence-corrected chi connectivity index (χ0v) is 16.5. The summed E-state index contributed by atoms with van der Waals surface area (Å²) in [6.45, 7) is 0. The van der Waals surface area contributed by atoms with Gasteiger partial charge in [-0.25, -0.2) is 19.6 Å². The van der Waals surface area contributed by atoms with Crippen molar-refractivity contribution in [3.63, 3.8) is 0 Å². The van der Waals surface area contributed by atoms with Gasteiger partial charge in [0.15, 0.2) is 17.3 Å². The highest BCUT2D eigenvalue weighted by atomic mass is 32.2. The number of hydrogen-bond acceptors (Lipinski definition) is 8. The lowest BCUT2D eigenvalue weighted by Gasteiger charge is -2.20. The summed E-state index contributed by atoms with van der Waals surface area (Å²) in [5.41, 5.74) is 2.09. The Morgan fingerprint density at radius 3 is 2.63 bits per heavy atom. The van der Waals surface area contributed by atoms with E-state index in [0.717, 1.165) is 11.0 Å². The van der Waals surface area contributed by atoms with Crippen LogP contribution < -0.4 is 14.3 Å². The maximum absolute atomic E-state index is 11.4. The largest absolute Gasteiger partial charge is 0.380 e. The fourth-order valence-corrected chi connectivity index (χ4v) is 3.36. The van der Waals surface area contributed by atoms with E-state index in [9.17, 15) is 13.7 Å². The predicted octanol–water partition coefficient (Wildman–Crippen LogP) is 1.85. The second kappa shape index (κ2) is 7.43. The number of nitriles is 1. The van der Waals surface area contributed by atoms with Crippen molar-refractivity contribution in [3.8, 4) is 23.1 Å². The minimum Gasteiger partial charge on any atom is -0.370 e. The molecule has 10 nitrogen and oxygen atoms in total. The molecular weight excluding hydrogens is 406 g/mol. The zero-order chi connectivity index (χ0) is 21.3. The molecule has 2 aromatic heterocycles. The van der Waals surface area contributed by atoms with Crippen molar-refractivity contribution in [2.24, 2.45) is 5.14 Å². The maximum Gasteiger partial charge on any atom is 0.380 e. The van der Waals surface area contributed by atoms with Crippen LogP contribution in [-0.2, 0) is 10.3 Å². The highest BCUT2D eigenvalue weighted by Crippen LogP contribution is 2.32. The minimum atomic E-state index is -4.27. The molecule has 0 amide bonds. The molecule has 0 saturated carbocycles. The first-order chi connectivity index (χ1) is 14.4. The summed E-state index contributed by atoms with van der Waals surface area (Å²) in [4.78, 5) is 13.1. The summed E-state index contributed by atoms with van der Waals surface area (Å²) in [5, 5.41) is 16.2. The number of hydrogen-bond donors (Lipinski definition) is 1. The van der Waals surface area contributed by atoms with Crippen LogP contribution in [0.1, 0.15) is 5.69 Å². The van der Waals surface area contributed by atoms with E-state index in [1.807, 2.05) is 30.3 Å². The van der Waals surface area contributed by atoms with Gasteiger partial charge >= 0.3 is 10.3 Å². The van der Waals surface area contributed by atoms with Crippen LogP contribution in [0.4, 0.5) is 5.82 Å². The van der Waals surface area contributed by atoms with Gasteiger partial charge in [-0.15, -0.1) is 0 Å².